The fourth-order valence-corrected chi connectivity index (χ4v) is 2.48. The minimum absolute atomic E-state index is 0.539. The van der Waals surface area contributed by atoms with Crippen LogP contribution in [0.5, 0.6) is 0 Å². The van der Waals surface area contributed by atoms with E-state index in [1.54, 1.807) is 18.2 Å². The van der Waals surface area contributed by atoms with Crippen molar-refractivity contribution < 1.29 is 4.42 Å². The highest BCUT2D eigenvalue weighted by atomic mass is 32.2. The van der Waals surface area contributed by atoms with Gasteiger partial charge >= 0.3 is 0 Å². The summed E-state index contributed by atoms with van der Waals surface area (Å²) < 4.78 is 5.61. The molecular formula is C14H9N3OS. The highest BCUT2D eigenvalue weighted by Crippen LogP contribution is 2.33. The van der Waals surface area contributed by atoms with Crippen LogP contribution in [0.4, 0.5) is 5.69 Å². The van der Waals surface area contributed by atoms with Crippen molar-refractivity contribution in [3.8, 4) is 6.07 Å². The summed E-state index contributed by atoms with van der Waals surface area (Å²) in [4.78, 5) is 5.19. The average Bonchev–Trinajstić information content (AvgIpc) is 2.83. The number of fused-ring (bicyclic) bond motifs is 1. The third-order valence-electron chi connectivity index (χ3n) is 2.61. The summed E-state index contributed by atoms with van der Waals surface area (Å²) in [5.41, 5.74) is 8.55. The van der Waals surface area contributed by atoms with Crippen LogP contribution in [0.25, 0.3) is 11.1 Å². The smallest absolute Gasteiger partial charge is 0.261 e. The molecule has 0 aliphatic carbocycles. The molecule has 0 saturated heterocycles. The van der Waals surface area contributed by atoms with E-state index in [2.05, 4.69) is 11.1 Å². The van der Waals surface area contributed by atoms with Gasteiger partial charge in [-0.05, 0) is 42.1 Å². The van der Waals surface area contributed by atoms with Crippen molar-refractivity contribution in [1.29, 1.82) is 5.26 Å². The van der Waals surface area contributed by atoms with Crippen LogP contribution in [0.1, 0.15) is 5.56 Å². The second kappa shape index (κ2) is 4.67. The van der Waals surface area contributed by atoms with E-state index >= 15 is 0 Å². The number of aromatic nitrogens is 1. The fourth-order valence-electron chi connectivity index (χ4n) is 1.70. The van der Waals surface area contributed by atoms with E-state index in [1.165, 1.54) is 11.8 Å². The Morgan fingerprint density at radius 1 is 1.21 bits per heavy atom. The Morgan fingerprint density at radius 3 is 2.79 bits per heavy atom. The molecule has 0 saturated carbocycles. The standard InChI is InChI=1S/C14H9N3OS/c15-8-9-5-6-13(10(16)7-9)19-14-17-11-3-1-2-4-12(11)18-14/h1-7H,16H2. The minimum Gasteiger partial charge on any atom is -0.431 e. The van der Waals surface area contributed by atoms with Crippen LogP contribution in [-0.4, -0.2) is 4.98 Å². The van der Waals surface area contributed by atoms with Crippen molar-refractivity contribution in [3.63, 3.8) is 0 Å². The molecule has 3 rings (SSSR count). The van der Waals surface area contributed by atoms with Gasteiger partial charge < -0.3 is 10.2 Å². The maximum Gasteiger partial charge on any atom is 0.261 e. The van der Waals surface area contributed by atoms with E-state index in [-0.39, 0.29) is 0 Å². The first-order chi connectivity index (χ1) is 9.26. The van der Waals surface area contributed by atoms with Crippen LogP contribution in [-0.2, 0) is 0 Å². The number of nitrogen functional groups attached to an aromatic ring is 1. The van der Waals surface area contributed by atoms with Gasteiger partial charge in [0.2, 0.25) is 0 Å². The van der Waals surface area contributed by atoms with Crippen molar-refractivity contribution >= 4 is 28.5 Å². The van der Waals surface area contributed by atoms with Crippen LogP contribution >= 0.6 is 11.8 Å². The summed E-state index contributed by atoms with van der Waals surface area (Å²) in [5, 5.41) is 9.33. The minimum atomic E-state index is 0.539. The van der Waals surface area contributed by atoms with Gasteiger partial charge in [0, 0.05) is 10.6 Å². The van der Waals surface area contributed by atoms with Gasteiger partial charge in [-0.25, -0.2) is 4.98 Å². The quantitative estimate of drug-likeness (QED) is 0.720. The van der Waals surface area contributed by atoms with E-state index in [9.17, 15) is 0 Å². The molecule has 0 amide bonds. The van der Waals surface area contributed by atoms with Gasteiger partial charge in [0.15, 0.2) is 5.58 Å². The Labute approximate surface area is 113 Å². The molecular weight excluding hydrogens is 258 g/mol. The summed E-state index contributed by atoms with van der Waals surface area (Å²) >= 11 is 1.35. The van der Waals surface area contributed by atoms with Crippen LogP contribution in [0.15, 0.2) is 57.0 Å². The summed E-state index contributed by atoms with van der Waals surface area (Å²) in [6, 6.07) is 14.8. The van der Waals surface area contributed by atoms with E-state index in [4.69, 9.17) is 15.4 Å². The molecule has 3 aromatic rings. The monoisotopic (exact) mass is 267 g/mol. The molecule has 0 spiro atoms. The zero-order valence-corrected chi connectivity index (χ0v) is 10.6. The molecule has 0 fully saturated rings. The van der Waals surface area contributed by atoms with Crippen molar-refractivity contribution in [2.45, 2.75) is 10.1 Å². The van der Waals surface area contributed by atoms with E-state index in [0.29, 0.717) is 16.5 Å². The van der Waals surface area contributed by atoms with Crippen LogP contribution in [0.3, 0.4) is 0 Å². The summed E-state index contributed by atoms with van der Waals surface area (Å²) in [6.07, 6.45) is 0. The number of para-hydroxylation sites is 2. The highest BCUT2D eigenvalue weighted by Gasteiger charge is 2.09. The second-order valence-electron chi connectivity index (χ2n) is 3.91. The first-order valence-corrected chi connectivity index (χ1v) is 6.41. The SMILES string of the molecule is N#Cc1ccc(Sc2nc3ccccc3o2)c(N)c1. The van der Waals surface area contributed by atoms with Gasteiger partial charge in [0.1, 0.15) is 5.52 Å². The van der Waals surface area contributed by atoms with Gasteiger partial charge in [-0.15, -0.1) is 0 Å². The lowest BCUT2D eigenvalue weighted by Gasteiger charge is -2.01. The molecule has 0 aliphatic rings. The fraction of sp³-hybridized carbons (Fsp3) is 0. The van der Waals surface area contributed by atoms with Crippen LogP contribution < -0.4 is 5.73 Å². The topological polar surface area (TPSA) is 75.8 Å². The van der Waals surface area contributed by atoms with E-state index in [0.717, 1.165) is 16.0 Å². The Kier molecular flexibility index (Phi) is 2.86. The molecule has 4 nitrogen and oxygen atoms in total. The zero-order valence-electron chi connectivity index (χ0n) is 9.83. The second-order valence-corrected chi connectivity index (χ2v) is 4.91. The highest BCUT2D eigenvalue weighted by molar-refractivity contribution is 7.99. The Balaban J connectivity index is 1.94. The molecule has 5 heteroatoms. The van der Waals surface area contributed by atoms with Gasteiger partial charge in [-0.3, -0.25) is 0 Å². The molecule has 1 heterocycles. The van der Waals surface area contributed by atoms with Gasteiger partial charge in [-0.1, -0.05) is 12.1 Å². The number of oxazole rings is 1. The van der Waals surface area contributed by atoms with E-state index in [1.807, 2.05) is 24.3 Å². The predicted octanol–water partition coefficient (Wildman–Crippen LogP) is 3.43. The summed E-state index contributed by atoms with van der Waals surface area (Å²) in [7, 11) is 0. The molecule has 0 bridgehead atoms. The predicted molar refractivity (Wildman–Crippen MR) is 73.7 cm³/mol. The first kappa shape index (κ1) is 11.6. The first-order valence-electron chi connectivity index (χ1n) is 5.59. The largest absolute Gasteiger partial charge is 0.431 e. The van der Waals surface area contributed by atoms with Gasteiger partial charge in [0.25, 0.3) is 5.22 Å². The Bertz CT molecular complexity index is 756. The maximum absolute atomic E-state index is 8.79. The van der Waals surface area contributed by atoms with Crippen molar-refractivity contribution in [3.05, 3.63) is 48.0 Å². The number of hydrogen-bond donors (Lipinski definition) is 1. The normalized spacial score (nSPS) is 10.5. The summed E-state index contributed by atoms with van der Waals surface area (Å²) in [5.74, 6) is 0. The molecule has 92 valence electrons. The number of nitrogens with zero attached hydrogens (tertiary/aromatic N) is 2. The third-order valence-corrected chi connectivity index (χ3v) is 3.55. The van der Waals surface area contributed by atoms with E-state index < -0.39 is 0 Å². The third kappa shape index (κ3) is 2.26. The molecule has 0 aliphatic heterocycles. The van der Waals surface area contributed by atoms with Crippen LogP contribution in [0, 0.1) is 11.3 Å². The molecule has 0 atom stereocenters. The van der Waals surface area contributed by atoms with Crippen molar-refractivity contribution in [1.82, 2.24) is 4.98 Å². The maximum atomic E-state index is 8.79. The molecule has 2 N–H and O–H groups in total. The lowest BCUT2D eigenvalue weighted by molar-refractivity contribution is 0.489. The van der Waals surface area contributed by atoms with Crippen molar-refractivity contribution in [2.24, 2.45) is 0 Å². The molecule has 0 radical (unpaired) electrons. The van der Waals surface area contributed by atoms with Crippen molar-refractivity contribution in [2.75, 3.05) is 5.73 Å². The average molecular weight is 267 g/mol. The number of nitriles is 1. The number of nitrogens with two attached hydrogens (primary N) is 1. The number of benzene rings is 2. The number of rotatable bonds is 2. The molecule has 2 aromatic carbocycles. The molecule has 1 aromatic heterocycles. The lowest BCUT2D eigenvalue weighted by Crippen LogP contribution is -1.89. The molecule has 0 unspecified atom stereocenters. The van der Waals surface area contributed by atoms with Gasteiger partial charge in [0.05, 0.1) is 11.6 Å². The number of anilines is 1. The zero-order chi connectivity index (χ0) is 13.2. The Morgan fingerprint density at radius 2 is 2.05 bits per heavy atom. The van der Waals surface area contributed by atoms with Crippen LogP contribution in [0.2, 0.25) is 0 Å². The molecule has 19 heavy (non-hydrogen) atoms. The summed E-state index contributed by atoms with van der Waals surface area (Å²) in [6.45, 7) is 0. The Hall–Kier alpha value is -2.45. The number of hydrogen-bond acceptors (Lipinski definition) is 5. The lowest BCUT2D eigenvalue weighted by atomic mass is 10.2. The van der Waals surface area contributed by atoms with Gasteiger partial charge in [-0.2, -0.15) is 5.26 Å².